The van der Waals surface area contributed by atoms with Gasteiger partial charge in [0.15, 0.2) is 11.6 Å². The first-order valence-electron chi connectivity index (χ1n) is 9.18. The number of nitrogens with one attached hydrogen (secondary N) is 2. The highest BCUT2D eigenvalue weighted by Crippen LogP contribution is 2.31. The normalized spacial score (nSPS) is 10.3. The topological polar surface area (TPSA) is 105 Å². The van der Waals surface area contributed by atoms with Gasteiger partial charge in [0.2, 0.25) is 0 Å². The molecule has 0 aliphatic heterocycles. The maximum absolute atomic E-state index is 12.4. The fourth-order valence-corrected chi connectivity index (χ4v) is 2.88. The molecule has 4 N–H and O–H groups in total. The van der Waals surface area contributed by atoms with Crippen molar-refractivity contribution in [2.75, 3.05) is 29.7 Å². The SMILES string of the molecule is CCN(c1cccc(C)c1)c1ncnc(NNC(=O)c2ccc(OC)cc2)c1N. The Morgan fingerprint density at radius 3 is 2.59 bits per heavy atom. The Morgan fingerprint density at radius 2 is 1.93 bits per heavy atom. The maximum Gasteiger partial charge on any atom is 0.269 e. The molecule has 3 aromatic rings. The number of aromatic nitrogens is 2. The van der Waals surface area contributed by atoms with Gasteiger partial charge < -0.3 is 15.4 Å². The third-order valence-electron chi connectivity index (χ3n) is 4.39. The highest BCUT2D eigenvalue weighted by Gasteiger charge is 2.16. The fraction of sp³-hybridized carbons (Fsp3) is 0.190. The second-order valence-corrected chi connectivity index (χ2v) is 6.35. The van der Waals surface area contributed by atoms with Crippen molar-refractivity contribution in [3.63, 3.8) is 0 Å². The molecular formula is C21H24N6O2. The van der Waals surface area contributed by atoms with Crippen molar-refractivity contribution in [3.05, 3.63) is 66.0 Å². The molecule has 0 saturated carbocycles. The molecule has 8 heteroatoms. The summed E-state index contributed by atoms with van der Waals surface area (Å²) in [6.07, 6.45) is 1.41. The quantitative estimate of drug-likeness (QED) is 0.530. The monoisotopic (exact) mass is 392 g/mol. The molecule has 0 saturated heterocycles. The molecule has 3 rings (SSSR count). The predicted octanol–water partition coefficient (Wildman–Crippen LogP) is 3.29. The third-order valence-corrected chi connectivity index (χ3v) is 4.39. The van der Waals surface area contributed by atoms with Crippen LogP contribution in [0.25, 0.3) is 0 Å². The van der Waals surface area contributed by atoms with Gasteiger partial charge in [0.25, 0.3) is 5.91 Å². The Hall–Kier alpha value is -3.81. The number of carbonyl (C=O) groups excluding carboxylic acids is 1. The molecule has 150 valence electrons. The summed E-state index contributed by atoms with van der Waals surface area (Å²) in [5.74, 6) is 1.24. The highest BCUT2D eigenvalue weighted by molar-refractivity contribution is 5.95. The number of benzene rings is 2. The number of methoxy groups -OCH3 is 1. The molecule has 1 aromatic heterocycles. The molecule has 0 radical (unpaired) electrons. The van der Waals surface area contributed by atoms with Crippen LogP contribution >= 0.6 is 0 Å². The lowest BCUT2D eigenvalue weighted by atomic mass is 10.2. The van der Waals surface area contributed by atoms with E-state index in [-0.39, 0.29) is 5.91 Å². The molecule has 2 aromatic carbocycles. The standard InChI is InChI=1S/C21H24N6O2/c1-4-27(16-7-5-6-14(2)12-16)20-18(22)19(23-13-24-20)25-26-21(28)15-8-10-17(29-3)11-9-15/h5-13H,4,22H2,1-3H3,(H,26,28)(H,23,24,25). The molecule has 1 amide bonds. The zero-order chi connectivity index (χ0) is 20.8. The molecular weight excluding hydrogens is 368 g/mol. The number of hydrogen-bond acceptors (Lipinski definition) is 7. The molecule has 1 heterocycles. The van der Waals surface area contributed by atoms with Gasteiger partial charge in [-0.3, -0.25) is 15.6 Å². The van der Waals surface area contributed by atoms with Crippen LogP contribution in [-0.4, -0.2) is 29.5 Å². The van der Waals surface area contributed by atoms with Crippen LogP contribution in [0.4, 0.5) is 23.0 Å². The largest absolute Gasteiger partial charge is 0.497 e. The molecule has 0 aliphatic carbocycles. The van der Waals surface area contributed by atoms with E-state index in [2.05, 4.69) is 26.9 Å². The zero-order valence-corrected chi connectivity index (χ0v) is 16.6. The second-order valence-electron chi connectivity index (χ2n) is 6.35. The number of hydrogen-bond donors (Lipinski definition) is 3. The van der Waals surface area contributed by atoms with E-state index in [4.69, 9.17) is 10.5 Å². The van der Waals surface area contributed by atoms with Crippen LogP contribution < -0.4 is 26.2 Å². The van der Waals surface area contributed by atoms with E-state index in [9.17, 15) is 4.79 Å². The van der Waals surface area contributed by atoms with E-state index in [0.29, 0.717) is 35.2 Å². The molecule has 0 aliphatic rings. The summed E-state index contributed by atoms with van der Waals surface area (Å²) in [7, 11) is 1.57. The molecule has 0 spiro atoms. The molecule has 0 bridgehead atoms. The number of amides is 1. The second kappa shape index (κ2) is 8.92. The minimum absolute atomic E-state index is 0.321. The number of anilines is 4. The predicted molar refractivity (Wildman–Crippen MR) is 114 cm³/mol. The maximum atomic E-state index is 12.4. The zero-order valence-electron chi connectivity index (χ0n) is 16.6. The molecule has 0 atom stereocenters. The van der Waals surface area contributed by atoms with Crippen LogP contribution in [0.2, 0.25) is 0 Å². The van der Waals surface area contributed by atoms with Crippen molar-refractivity contribution in [2.45, 2.75) is 13.8 Å². The van der Waals surface area contributed by atoms with Gasteiger partial charge >= 0.3 is 0 Å². The van der Waals surface area contributed by atoms with Crippen LogP contribution in [0.5, 0.6) is 5.75 Å². The molecule has 8 nitrogen and oxygen atoms in total. The lowest BCUT2D eigenvalue weighted by Gasteiger charge is -2.24. The molecule has 0 fully saturated rings. The number of nitrogens with zero attached hydrogens (tertiary/aromatic N) is 3. The van der Waals surface area contributed by atoms with Crippen LogP contribution in [0.15, 0.2) is 54.9 Å². The lowest BCUT2D eigenvalue weighted by Crippen LogP contribution is -2.30. The van der Waals surface area contributed by atoms with Gasteiger partial charge in [-0.2, -0.15) is 0 Å². The van der Waals surface area contributed by atoms with E-state index < -0.39 is 0 Å². The van der Waals surface area contributed by atoms with E-state index in [0.717, 1.165) is 11.3 Å². The van der Waals surface area contributed by atoms with Gasteiger partial charge in [-0.05, 0) is 55.8 Å². The smallest absolute Gasteiger partial charge is 0.269 e. The van der Waals surface area contributed by atoms with E-state index in [1.807, 2.05) is 36.9 Å². The van der Waals surface area contributed by atoms with Crippen LogP contribution in [0, 0.1) is 6.92 Å². The molecule has 29 heavy (non-hydrogen) atoms. The first-order valence-corrected chi connectivity index (χ1v) is 9.18. The summed E-state index contributed by atoms with van der Waals surface area (Å²) >= 11 is 0. The number of carbonyl (C=O) groups is 1. The number of aryl methyl sites for hydroxylation is 1. The van der Waals surface area contributed by atoms with Gasteiger partial charge in [0, 0.05) is 17.8 Å². The first-order chi connectivity index (χ1) is 14.0. The van der Waals surface area contributed by atoms with Crippen molar-refractivity contribution < 1.29 is 9.53 Å². The Balaban J connectivity index is 1.78. The van der Waals surface area contributed by atoms with Crippen molar-refractivity contribution >= 4 is 28.9 Å². The third kappa shape index (κ3) is 4.55. The van der Waals surface area contributed by atoms with E-state index in [1.165, 1.54) is 6.33 Å². The van der Waals surface area contributed by atoms with Gasteiger partial charge in [-0.1, -0.05) is 12.1 Å². The summed E-state index contributed by atoms with van der Waals surface area (Å²) in [4.78, 5) is 22.8. The first kappa shape index (κ1) is 19.9. The molecule has 0 unspecified atom stereocenters. The summed E-state index contributed by atoms with van der Waals surface area (Å²) in [5.41, 5.74) is 14.6. The minimum atomic E-state index is -0.321. The summed E-state index contributed by atoms with van der Waals surface area (Å²) in [6.45, 7) is 4.72. The fourth-order valence-electron chi connectivity index (χ4n) is 2.88. The Labute approximate surface area is 169 Å². The van der Waals surface area contributed by atoms with Crippen molar-refractivity contribution in [1.29, 1.82) is 0 Å². The summed E-state index contributed by atoms with van der Waals surface area (Å²) in [5, 5.41) is 0. The van der Waals surface area contributed by atoms with Crippen LogP contribution in [-0.2, 0) is 0 Å². The number of hydrazine groups is 1. The Bertz CT molecular complexity index is 991. The van der Waals surface area contributed by atoms with Gasteiger partial charge in [-0.25, -0.2) is 9.97 Å². The van der Waals surface area contributed by atoms with Crippen LogP contribution in [0.3, 0.4) is 0 Å². The highest BCUT2D eigenvalue weighted by atomic mass is 16.5. The average molecular weight is 392 g/mol. The number of nitrogen functional groups attached to an aromatic ring is 1. The summed E-state index contributed by atoms with van der Waals surface area (Å²) in [6, 6.07) is 14.8. The van der Waals surface area contributed by atoms with Crippen molar-refractivity contribution in [2.24, 2.45) is 0 Å². The van der Waals surface area contributed by atoms with Crippen molar-refractivity contribution in [1.82, 2.24) is 15.4 Å². The number of ether oxygens (including phenoxy) is 1. The van der Waals surface area contributed by atoms with Crippen LogP contribution in [0.1, 0.15) is 22.8 Å². The average Bonchev–Trinajstić information content (AvgIpc) is 2.74. The number of nitrogens with two attached hydrogens (primary N) is 1. The lowest BCUT2D eigenvalue weighted by molar-refractivity contribution is 0.0962. The minimum Gasteiger partial charge on any atom is -0.497 e. The Morgan fingerprint density at radius 1 is 1.17 bits per heavy atom. The summed E-state index contributed by atoms with van der Waals surface area (Å²) < 4.78 is 5.10. The van der Waals surface area contributed by atoms with Gasteiger partial charge in [0.1, 0.15) is 17.8 Å². The van der Waals surface area contributed by atoms with E-state index >= 15 is 0 Å². The van der Waals surface area contributed by atoms with Crippen molar-refractivity contribution in [3.8, 4) is 5.75 Å². The number of rotatable bonds is 7. The Kier molecular flexibility index (Phi) is 6.13. The van der Waals surface area contributed by atoms with E-state index in [1.54, 1.807) is 31.4 Å². The van der Waals surface area contributed by atoms with Gasteiger partial charge in [0.05, 0.1) is 7.11 Å². The van der Waals surface area contributed by atoms with Gasteiger partial charge in [-0.15, -0.1) is 0 Å².